The van der Waals surface area contributed by atoms with Crippen LogP contribution in [0.3, 0.4) is 0 Å². The number of hydrogen-bond acceptors (Lipinski definition) is 8. The lowest BCUT2D eigenvalue weighted by atomic mass is 10.2. The summed E-state index contributed by atoms with van der Waals surface area (Å²) in [6.45, 7) is 11.8. The normalized spacial score (nSPS) is 17.9. The molecule has 0 spiro atoms. The van der Waals surface area contributed by atoms with Gasteiger partial charge >= 0.3 is 0 Å². The summed E-state index contributed by atoms with van der Waals surface area (Å²) in [6, 6.07) is 0. The van der Waals surface area contributed by atoms with Crippen molar-refractivity contribution in [3.63, 3.8) is 0 Å². The van der Waals surface area contributed by atoms with Crippen LogP contribution >= 0.6 is 0 Å². The van der Waals surface area contributed by atoms with E-state index in [9.17, 15) is 5.11 Å². The molecule has 0 radical (unpaired) electrons. The average Bonchev–Trinajstić information content (AvgIpc) is 3.46. The molecule has 0 saturated carbocycles. The number of ether oxygens (including phenoxy) is 2. The van der Waals surface area contributed by atoms with Crippen LogP contribution in [0.2, 0.25) is 0 Å². The molecule has 4 aromatic rings. The van der Waals surface area contributed by atoms with E-state index in [-0.39, 0.29) is 6.10 Å². The van der Waals surface area contributed by atoms with E-state index in [0.29, 0.717) is 38.0 Å². The van der Waals surface area contributed by atoms with Crippen LogP contribution in [0.5, 0.6) is 11.8 Å². The van der Waals surface area contributed by atoms with Crippen LogP contribution < -0.4 is 9.47 Å². The first-order chi connectivity index (χ1) is 18.2. The maximum Gasteiger partial charge on any atom is 0.240 e. The number of aliphatic hydroxyl groups excluding tert-OH is 1. The Morgan fingerprint density at radius 1 is 1.18 bits per heavy atom. The van der Waals surface area contributed by atoms with Crippen molar-refractivity contribution in [2.45, 2.75) is 59.9 Å². The van der Waals surface area contributed by atoms with Crippen LogP contribution in [-0.2, 0) is 20.1 Å². The van der Waals surface area contributed by atoms with E-state index < -0.39 is 6.10 Å². The molecule has 38 heavy (non-hydrogen) atoms. The summed E-state index contributed by atoms with van der Waals surface area (Å²) in [7, 11) is 3.94. The summed E-state index contributed by atoms with van der Waals surface area (Å²) in [6.07, 6.45) is 7.19. The molecule has 202 valence electrons. The fraction of sp³-hybridized carbons (Fsp3) is 0.481. The van der Waals surface area contributed by atoms with Crippen molar-refractivity contribution >= 4 is 17.8 Å². The van der Waals surface area contributed by atoms with E-state index in [4.69, 9.17) is 19.6 Å². The number of hydrogen-bond donors (Lipinski definition) is 1. The highest BCUT2D eigenvalue weighted by atomic mass is 16.5. The van der Waals surface area contributed by atoms with Crippen LogP contribution in [-0.4, -0.2) is 76.3 Å². The van der Waals surface area contributed by atoms with Gasteiger partial charge in [0.2, 0.25) is 11.8 Å². The number of rotatable bonds is 4. The van der Waals surface area contributed by atoms with E-state index in [1.807, 2.05) is 61.4 Å². The van der Waals surface area contributed by atoms with Gasteiger partial charge in [-0.2, -0.15) is 5.10 Å². The zero-order valence-electron chi connectivity index (χ0n) is 23.1. The lowest BCUT2D eigenvalue weighted by Crippen LogP contribution is -2.32. The first-order valence-corrected chi connectivity index (χ1v) is 13.0. The van der Waals surface area contributed by atoms with E-state index in [2.05, 4.69) is 29.0 Å². The monoisotopic (exact) mass is 520 g/mol. The summed E-state index contributed by atoms with van der Waals surface area (Å²) in [5, 5.41) is 19.5. The number of imidazole rings is 1. The predicted molar refractivity (Wildman–Crippen MR) is 145 cm³/mol. The Bertz CT molecular complexity index is 1500. The van der Waals surface area contributed by atoms with Gasteiger partial charge in [0.25, 0.3) is 0 Å². The molecule has 0 aliphatic carbocycles. The van der Waals surface area contributed by atoms with E-state index >= 15 is 0 Å². The molecule has 0 aromatic carbocycles. The minimum absolute atomic E-state index is 0.134. The molecular weight excluding hydrogens is 484 g/mol. The summed E-state index contributed by atoms with van der Waals surface area (Å²) in [4.78, 5) is 11.7. The summed E-state index contributed by atoms with van der Waals surface area (Å²) in [5.41, 5.74) is 6.83. The Morgan fingerprint density at radius 3 is 2.71 bits per heavy atom. The predicted octanol–water partition coefficient (Wildman–Crippen LogP) is 3.11. The molecule has 2 atom stereocenters. The lowest BCUT2D eigenvalue weighted by Gasteiger charge is -2.23. The number of likely N-dealkylation sites (N-methyl/N-ethyl adjacent to an activating group) is 1. The molecule has 0 fully saturated rings. The smallest absolute Gasteiger partial charge is 0.240 e. The van der Waals surface area contributed by atoms with Gasteiger partial charge < -0.3 is 14.6 Å². The number of aliphatic hydroxyl groups is 1. The molecule has 1 N–H and O–H groups in total. The van der Waals surface area contributed by atoms with E-state index in [1.54, 1.807) is 11.6 Å². The molecular formula is C27H36N8O3. The largest absolute Gasteiger partial charge is 0.476 e. The lowest BCUT2D eigenvalue weighted by molar-refractivity contribution is 0.142. The van der Waals surface area contributed by atoms with Gasteiger partial charge in [-0.05, 0) is 53.8 Å². The second-order valence-electron chi connectivity index (χ2n) is 10.1. The Morgan fingerprint density at radius 2 is 1.97 bits per heavy atom. The van der Waals surface area contributed by atoms with Gasteiger partial charge in [0.15, 0.2) is 5.65 Å². The third-order valence-electron chi connectivity index (χ3n) is 6.62. The molecule has 0 amide bonds. The maximum absolute atomic E-state index is 10.2. The summed E-state index contributed by atoms with van der Waals surface area (Å²) in [5.74, 6) is 1.23. The van der Waals surface area contributed by atoms with Crippen molar-refractivity contribution in [2.24, 2.45) is 7.05 Å². The fourth-order valence-electron chi connectivity index (χ4n) is 5.09. The zero-order chi connectivity index (χ0) is 27.1. The quantitative estimate of drug-likeness (QED) is 0.437. The molecule has 0 saturated heterocycles. The van der Waals surface area contributed by atoms with Crippen molar-refractivity contribution in [3.8, 4) is 23.0 Å². The van der Waals surface area contributed by atoms with Crippen LogP contribution in [0.15, 0.2) is 12.4 Å². The number of fused-ring (bicyclic) bond motifs is 4. The van der Waals surface area contributed by atoms with E-state index in [1.165, 1.54) is 0 Å². The number of aryl methyl sites for hydroxylation is 3. The van der Waals surface area contributed by atoms with Crippen LogP contribution in [0, 0.1) is 13.8 Å². The zero-order valence-corrected chi connectivity index (χ0v) is 23.1. The van der Waals surface area contributed by atoms with Gasteiger partial charge in [-0.3, -0.25) is 14.0 Å². The highest BCUT2D eigenvalue weighted by Gasteiger charge is 2.24. The maximum atomic E-state index is 10.2. The van der Waals surface area contributed by atoms with Crippen molar-refractivity contribution in [3.05, 3.63) is 40.7 Å². The first kappa shape index (κ1) is 25.9. The average molecular weight is 521 g/mol. The van der Waals surface area contributed by atoms with E-state index in [0.717, 1.165) is 45.2 Å². The van der Waals surface area contributed by atoms with Crippen molar-refractivity contribution in [1.82, 2.24) is 38.8 Å². The molecule has 11 heteroatoms. The molecule has 0 unspecified atom stereocenters. The Balaban J connectivity index is 1.73. The Labute approximate surface area is 222 Å². The molecule has 1 aliphatic heterocycles. The molecule has 5 rings (SSSR count). The molecule has 2 bridgehead atoms. The van der Waals surface area contributed by atoms with Crippen molar-refractivity contribution in [2.75, 3.05) is 20.2 Å². The van der Waals surface area contributed by atoms with Crippen LogP contribution in [0.1, 0.15) is 49.1 Å². The minimum atomic E-state index is -0.555. The highest BCUT2D eigenvalue weighted by Crippen LogP contribution is 2.34. The standard InChI is InChI=1S/C27H36N8O3/c1-8-37-26-21-10-9-20-11-28-25-19(5)29-22(14-34(20)25)24-18(4)30-33(7)27(24)38-17(3)13-32(6)15-23(21)35(31-26)12-16(2)36/h9-11,14,16-17,36H,8,12-13,15H2,1-7H3/b10-9+/t16-,17-/m0/s1. The summed E-state index contributed by atoms with van der Waals surface area (Å²) < 4.78 is 18.1. The number of aromatic nitrogens is 7. The van der Waals surface area contributed by atoms with Gasteiger partial charge in [-0.15, -0.1) is 5.10 Å². The topological polar surface area (TPSA) is 108 Å². The highest BCUT2D eigenvalue weighted by molar-refractivity contribution is 5.74. The fourth-order valence-corrected chi connectivity index (χ4v) is 5.09. The van der Waals surface area contributed by atoms with Crippen LogP contribution in [0.25, 0.3) is 29.1 Å². The van der Waals surface area contributed by atoms with Gasteiger partial charge in [0.1, 0.15) is 6.10 Å². The van der Waals surface area contributed by atoms with Gasteiger partial charge in [0.05, 0.1) is 65.0 Å². The molecule has 11 nitrogen and oxygen atoms in total. The second kappa shape index (κ2) is 10.2. The van der Waals surface area contributed by atoms with Crippen LogP contribution in [0.4, 0.5) is 0 Å². The Kier molecular flexibility index (Phi) is 6.97. The third-order valence-corrected chi connectivity index (χ3v) is 6.62. The first-order valence-electron chi connectivity index (χ1n) is 13.0. The van der Waals surface area contributed by atoms with Gasteiger partial charge in [-0.25, -0.2) is 14.6 Å². The molecule has 5 heterocycles. The van der Waals surface area contributed by atoms with Crippen molar-refractivity contribution in [1.29, 1.82) is 0 Å². The summed E-state index contributed by atoms with van der Waals surface area (Å²) >= 11 is 0. The SMILES string of the molecule is CCOc1nn(C[C@H](C)O)c2c1/C=C/c1cnc3c(C)nc(cn13)-c1c(C)nn(C)c1O[C@@H](C)CN(C)C2. The molecule has 4 aromatic heterocycles. The molecule has 1 aliphatic rings. The minimum Gasteiger partial charge on any atom is -0.476 e. The Hall–Kier alpha value is -3.70. The third kappa shape index (κ3) is 4.79. The second-order valence-corrected chi connectivity index (χ2v) is 10.1. The van der Waals surface area contributed by atoms with Gasteiger partial charge in [0, 0.05) is 26.3 Å². The van der Waals surface area contributed by atoms with Crippen molar-refractivity contribution < 1.29 is 14.6 Å². The van der Waals surface area contributed by atoms with Gasteiger partial charge in [-0.1, -0.05) is 0 Å². The number of nitrogens with zero attached hydrogens (tertiary/aromatic N) is 8.